The number of nitrogens with zero attached hydrogens (tertiary/aromatic N) is 6. The zero-order chi connectivity index (χ0) is 19.1. The van der Waals surface area contributed by atoms with E-state index in [2.05, 4.69) is 25.0 Å². The van der Waals surface area contributed by atoms with Crippen molar-refractivity contribution in [2.75, 3.05) is 5.73 Å². The Morgan fingerprint density at radius 1 is 0.964 bits per heavy atom. The van der Waals surface area contributed by atoms with Gasteiger partial charge in [0, 0.05) is 23.3 Å². The van der Waals surface area contributed by atoms with Gasteiger partial charge in [-0.1, -0.05) is 18.2 Å². The van der Waals surface area contributed by atoms with Crippen LogP contribution >= 0.6 is 0 Å². The van der Waals surface area contributed by atoms with Crippen LogP contribution in [0.25, 0.3) is 33.5 Å². The Balaban J connectivity index is 1.70. The lowest BCUT2D eigenvalue weighted by Crippen LogP contribution is -2.05. The molecule has 0 amide bonds. The first-order valence-corrected chi connectivity index (χ1v) is 8.63. The van der Waals surface area contributed by atoms with E-state index in [4.69, 9.17) is 5.73 Å². The number of hydrogen-bond acceptors (Lipinski definition) is 6. The van der Waals surface area contributed by atoms with Crippen molar-refractivity contribution >= 4 is 27.8 Å². The van der Waals surface area contributed by atoms with E-state index in [1.165, 1.54) is 6.07 Å². The van der Waals surface area contributed by atoms with Gasteiger partial charge in [-0.2, -0.15) is 5.10 Å². The highest BCUT2D eigenvalue weighted by molar-refractivity contribution is 5.93. The minimum atomic E-state index is -0.291. The smallest absolute Gasteiger partial charge is 0.183 e. The lowest BCUT2D eigenvalue weighted by molar-refractivity contribution is 0.589. The van der Waals surface area contributed by atoms with E-state index < -0.39 is 0 Å². The van der Waals surface area contributed by atoms with Gasteiger partial charge in [0.05, 0.1) is 23.6 Å². The van der Waals surface area contributed by atoms with Crippen LogP contribution in [0.2, 0.25) is 0 Å². The molecule has 0 saturated carbocycles. The van der Waals surface area contributed by atoms with Crippen LogP contribution < -0.4 is 5.73 Å². The van der Waals surface area contributed by atoms with Crippen LogP contribution in [0.3, 0.4) is 0 Å². The van der Waals surface area contributed by atoms with Crippen molar-refractivity contribution in [1.82, 2.24) is 29.7 Å². The summed E-state index contributed by atoms with van der Waals surface area (Å²) in [5.41, 5.74) is 8.42. The summed E-state index contributed by atoms with van der Waals surface area (Å²) in [5.74, 6) is 0.437. The van der Waals surface area contributed by atoms with Gasteiger partial charge in [0.25, 0.3) is 0 Å². The Morgan fingerprint density at radius 3 is 2.75 bits per heavy atom. The molecule has 2 N–H and O–H groups in total. The number of nitrogen functional groups attached to an aromatic ring is 1. The highest BCUT2D eigenvalue weighted by Gasteiger charge is 2.18. The zero-order valence-corrected chi connectivity index (χ0v) is 14.6. The topological polar surface area (TPSA) is 95.4 Å². The van der Waals surface area contributed by atoms with Gasteiger partial charge in [0.2, 0.25) is 0 Å². The molecule has 0 aliphatic rings. The SMILES string of the molecule is Nc1nc(-c2nn(Cc3ccccc3F)c3ncccc23)nc2cnccc12. The molecule has 5 aromatic rings. The molecule has 0 radical (unpaired) electrons. The molecule has 8 heteroatoms. The fourth-order valence-corrected chi connectivity index (χ4v) is 3.18. The first-order valence-electron chi connectivity index (χ1n) is 8.63. The number of fused-ring (bicyclic) bond motifs is 2. The Morgan fingerprint density at radius 2 is 1.86 bits per heavy atom. The van der Waals surface area contributed by atoms with E-state index >= 15 is 0 Å². The first kappa shape index (κ1) is 16.2. The standard InChI is InChI=1S/C20H14FN7/c21-15-6-2-1-4-12(15)11-28-20-14(5-3-8-24-20)17(27-28)19-25-16-10-23-9-7-13(16)18(22)26-19/h1-10H,11H2,(H2,22,25,26). The van der Waals surface area contributed by atoms with Crippen LogP contribution in [0.4, 0.5) is 10.2 Å². The van der Waals surface area contributed by atoms with E-state index in [1.807, 2.05) is 12.1 Å². The minimum absolute atomic E-state index is 0.241. The van der Waals surface area contributed by atoms with Gasteiger partial charge in [-0.15, -0.1) is 0 Å². The molecule has 0 aliphatic carbocycles. The monoisotopic (exact) mass is 371 g/mol. The predicted octanol–water partition coefficient (Wildman–Crippen LogP) is 3.21. The number of anilines is 1. The van der Waals surface area contributed by atoms with E-state index in [-0.39, 0.29) is 12.4 Å². The summed E-state index contributed by atoms with van der Waals surface area (Å²) in [6.07, 6.45) is 4.95. The molecule has 0 spiro atoms. The number of halogens is 1. The Hall–Kier alpha value is -3.94. The summed E-state index contributed by atoms with van der Waals surface area (Å²) in [6.45, 7) is 0.241. The van der Waals surface area contributed by atoms with Gasteiger partial charge < -0.3 is 5.73 Å². The molecule has 5 rings (SSSR count). The number of aromatic nitrogens is 6. The molecular formula is C20H14FN7. The third kappa shape index (κ3) is 2.62. The molecule has 0 aliphatic heterocycles. The van der Waals surface area contributed by atoms with Crippen molar-refractivity contribution < 1.29 is 4.39 Å². The summed E-state index contributed by atoms with van der Waals surface area (Å²) in [6, 6.07) is 12.1. The quantitative estimate of drug-likeness (QED) is 0.523. The molecule has 0 atom stereocenters. The maximum atomic E-state index is 14.1. The molecule has 4 heterocycles. The fourth-order valence-electron chi connectivity index (χ4n) is 3.18. The highest BCUT2D eigenvalue weighted by Crippen LogP contribution is 2.28. The largest absolute Gasteiger partial charge is 0.383 e. The van der Waals surface area contributed by atoms with Crippen LogP contribution in [0, 0.1) is 5.82 Å². The Labute approximate surface area is 158 Å². The third-order valence-corrected chi connectivity index (χ3v) is 4.53. The molecule has 0 unspecified atom stereocenters. The van der Waals surface area contributed by atoms with Crippen molar-refractivity contribution in [2.24, 2.45) is 0 Å². The number of rotatable bonds is 3. The molecule has 4 aromatic heterocycles. The van der Waals surface area contributed by atoms with Crippen LogP contribution in [0.1, 0.15) is 5.56 Å². The van der Waals surface area contributed by atoms with Gasteiger partial charge >= 0.3 is 0 Å². The predicted molar refractivity (Wildman–Crippen MR) is 104 cm³/mol. The molecule has 7 nitrogen and oxygen atoms in total. The van der Waals surface area contributed by atoms with Gasteiger partial charge in [0.1, 0.15) is 17.3 Å². The number of nitrogens with two attached hydrogens (primary N) is 1. The maximum Gasteiger partial charge on any atom is 0.183 e. The number of hydrogen-bond donors (Lipinski definition) is 1. The molecular weight excluding hydrogens is 357 g/mol. The molecule has 0 fully saturated rings. The first-order chi connectivity index (χ1) is 13.7. The van der Waals surface area contributed by atoms with Crippen molar-refractivity contribution in [1.29, 1.82) is 0 Å². The molecule has 0 saturated heterocycles. The maximum absolute atomic E-state index is 14.1. The average molecular weight is 371 g/mol. The summed E-state index contributed by atoms with van der Waals surface area (Å²) in [5, 5.41) is 6.12. The third-order valence-electron chi connectivity index (χ3n) is 4.53. The van der Waals surface area contributed by atoms with Crippen LogP contribution in [0.15, 0.2) is 61.1 Å². The molecule has 136 valence electrons. The number of benzene rings is 1. The molecule has 1 aromatic carbocycles. The van der Waals surface area contributed by atoms with Crippen molar-refractivity contribution in [2.45, 2.75) is 6.54 Å². The van der Waals surface area contributed by atoms with E-state index in [1.54, 1.807) is 47.5 Å². The second kappa shape index (κ2) is 6.34. The fraction of sp³-hybridized carbons (Fsp3) is 0.0500. The van der Waals surface area contributed by atoms with Gasteiger partial charge in [0.15, 0.2) is 11.5 Å². The van der Waals surface area contributed by atoms with Crippen molar-refractivity contribution in [3.8, 4) is 11.5 Å². The molecule has 0 bridgehead atoms. The normalized spacial score (nSPS) is 11.3. The van der Waals surface area contributed by atoms with Gasteiger partial charge in [-0.3, -0.25) is 4.98 Å². The average Bonchev–Trinajstić information content (AvgIpc) is 3.08. The van der Waals surface area contributed by atoms with E-state index in [0.29, 0.717) is 34.1 Å². The summed E-state index contributed by atoms with van der Waals surface area (Å²) in [7, 11) is 0. The summed E-state index contributed by atoms with van der Waals surface area (Å²) < 4.78 is 15.8. The van der Waals surface area contributed by atoms with Crippen LogP contribution in [-0.2, 0) is 6.54 Å². The van der Waals surface area contributed by atoms with Crippen LogP contribution in [0.5, 0.6) is 0 Å². The van der Waals surface area contributed by atoms with E-state index in [0.717, 1.165) is 10.8 Å². The summed E-state index contributed by atoms with van der Waals surface area (Å²) >= 11 is 0. The summed E-state index contributed by atoms with van der Waals surface area (Å²) in [4.78, 5) is 17.5. The highest BCUT2D eigenvalue weighted by atomic mass is 19.1. The Kier molecular flexibility index (Phi) is 3.68. The Bertz CT molecular complexity index is 1330. The second-order valence-electron chi connectivity index (χ2n) is 6.30. The van der Waals surface area contributed by atoms with Gasteiger partial charge in [-0.25, -0.2) is 24.0 Å². The lowest BCUT2D eigenvalue weighted by atomic mass is 10.2. The van der Waals surface area contributed by atoms with Crippen LogP contribution in [-0.4, -0.2) is 29.7 Å². The second-order valence-corrected chi connectivity index (χ2v) is 6.30. The van der Waals surface area contributed by atoms with Crippen molar-refractivity contribution in [3.05, 3.63) is 72.4 Å². The zero-order valence-electron chi connectivity index (χ0n) is 14.6. The minimum Gasteiger partial charge on any atom is -0.383 e. The van der Waals surface area contributed by atoms with E-state index in [9.17, 15) is 4.39 Å². The van der Waals surface area contributed by atoms with Gasteiger partial charge in [-0.05, 0) is 24.3 Å². The molecule has 28 heavy (non-hydrogen) atoms. The number of pyridine rings is 2. The van der Waals surface area contributed by atoms with Crippen molar-refractivity contribution in [3.63, 3.8) is 0 Å². The lowest BCUT2D eigenvalue weighted by Gasteiger charge is -2.04.